The monoisotopic (exact) mass is 246 g/mol. The highest BCUT2D eigenvalue weighted by Gasteiger charge is 2.26. The van der Waals surface area contributed by atoms with Crippen molar-refractivity contribution in [2.24, 2.45) is 0 Å². The van der Waals surface area contributed by atoms with Crippen molar-refractivity contribution in [1.82, 2.24) is 4.90 Å². The number of halogens is 1. The summed E-state index contributed by atoms with van der Waals surface area (Å²) in [5.41, 5.74) is 0.113. The number of benzene rings is 1. The van der Waals surface area contributed by atoms with Crippen LogP contribution in [0.15, 0.2) is 18.2 Å². The molecule has 0 bridgehead atoms. The number of nitriles is 1. The molecule has 1 aromatic carbocycles. The Labute approximate surface area is 104 Å². The van der Waals surface area contributed by atoms with E-state index in [1.807, 2.05) is 0 Å². The normalized spacial score (nSPS) is 15.7. The van der Waals surface area contributed by atoms with Crippen molar-refractivity contribution in [2.45, 2.75) is 25.8 Å². The summed E-state index contributed by atoms with van der Waals surface area (Å²) in [5.74, 6) is -1.23. The number of carbonyl (C=O) groups is 2. The van der Waals surface area contributed by atoms with Crippen LogP contribution in [0.2, 0.25) is 0 Å². The molecule has 1 fully saturated rings. The highest BCUT2D eigenvalue weighted by molar-refractivity contribution is 5.97. The number of amides is 2. The average Bonchev–Trinajstić information content (AvgIpc) is 2.36. The largest absolute Gasteiger partial charge is 0.278 e. The molecule has 4 nitrogen and oxygen atoms in total. The molecule has 0 atom stereocenters. The van der Waals surface area contributed by atoms with Crippen LogP contribution in [-0.4, -0.2) is 16.7 Å². The summed E-state index contributed by atoms with van der Waals surface area (Å²) in [6.45, 7) is -0.0982. The molecule has 0 unspecified atom stereocenters. The third kappa shape index (κ3) is 2.23. The Hall–Kier alpha value is -2.22. The minimum Gasteiger partial charge on any atom is -0.278 e. The van der Waals surface area contributed by atoms with Gasteiger partial charge in [0.05, 0.1) is 12.1 Å². The molecule has 0 N–H and O–H groups in total. The number of imide groups is 1. The van der Waals surface area contributed by atoms with Gasteiger partial charge in [-0.05, 0) is 12.5 Å². The van der Waals surface area contributed by atoms with Gasteiger partial charge in [0.1, 0.15) is 11.9 Å². The number of hydrogen-bond donors (Lipinski definition) is 0. The highest BCUT2D eigenvalue weighted by Crippen LogP contribution is 2.19. The Morgan fingerprint density at radius 3 is 2.56 bits per heavy atom. The van der Waals surface area contributed by atoms with Crippen LogP contribution < -0.4 is 0 Å². The van der Waals surface area contributed by atoms with E-state index in [9.17, 15) is 14.0 Å². The molecule has 18 heavy (non-hydrogen) atoms. The lowest BCUT2D eigenvalue weighted by Gasteiger charge is -2.25. The minimum atomic E-state index is -0.661. The van der Waals surface area contributed by atoms with Gasteiger partial charge in [-0.1, -0.05) is 12.1 Å². The third-order valence-electron chi connectivity index (χ3n) is 2.91. The molecule has 0 radical (unpaired) electrons. The van der Waals surface area contributed by atoms with Crippen LogP contribution in [0.25, 0.3) is 0 Å². The summed E-state index contributed by atoms with van der Waals surface area (Å²) in [7, 11) is 0. The molecule has 1 saturated heterocycles. The van der Waals surface area contributed by atoms with Gasteiger partial charge < -0.3 is 0 Å². The van der Waals surface area contributed by atoms with Gasteiger partial charge in [-0.3, -0.25) is 14.5 Å². The van der Waals surface area contributed by atoms with E-state index in [0.717, 1.165) is 4.90 Å². The second-order valence-electron chi connectivity index (χ2n) is 4.12. The van der Waals surface area contributed by atoms with Crippen LogP contribution in [0.1, 0.15) is 30.4 Å². The summed E-state index contributed by atoms with van der Waals surface area (Å²) in [5, 5.41) is 8.72. The van der Waals surface area contributed by atoms with Crippen LogP contribution in [-0.2, 0) is 16.1 Å². The summed E-state index contributed by atoms with van der Waals surface area (Å²) in [4.78, 5) is 24.2. The van der Waals surface area contributed by atoms with E-state index in [1.165, 1.54) is 18.2 Å². The molecular formula is C13H11FN2O2. The first-order valence-electron chi connectivity index (χ1n) is 5.64. The van der Waals surface area contributed by atoms with E-state index in [1.54, 1.807) is 6.07 Å². The minimum absolute atomic E-state index is 0.0793. The molecular weight excluding hydrogens is 235 g/mol. The number of piperidine rings is 1. The fourth-order valence-electron chi connectivity index (χ4n) is 1.93. The predicted octanol–water partition coefficient (Wildman–Crippen LogP) is 1.74. The van der Waals surface area contributed by atoms with Gasteiger partial charge >= 0.3 is 0 Å². The third-order valence-corrected chi connectivity index (χ3v) is 2.91. The van der Waals surface area contributed by atoms with Crippen molar-refractivity contribution in [3.05, 3.63) is 35.1 Å². The number of rotatable bonds is 2. The lowest BCUT2D eigenvalue weighted by Crippen LogP contribution is -2.39. The molecule has 0 aliphatic carbocycles. The smallest absolute Gasteiger partial charge is 0.229 e. The Morgan fingerprint density at radius 2 is 1.94 bits per heavy atom. The van der Waals surface area contributed by atoms with Gasteiger partial charge in [-0.15, -0.1) is 0 Å². The summed E-state index contributed by atoms with van der Waals surface area (Å²) >= 11 is 0. The summed E-state index contributed by atoms with van der Waals surface area (Å²) in [6.07, 6.45) is 1.17. The maximum Gasteiger partial charge on any atom is 0.229 e. The molecule has 2 rings (SSSR count). The van der Waals surface area contributed by atoms with E-state index < -0.39 is 5.82 Å². The van der Waals surface area contributed by atoms with E-state index in [4.69, 9.17) is 5.26 Å². The first kappa shape index (κ1) is 12.2. The van der Waals surface area contributed by atoms with Crippen molar-refractivity contribution in [3.8, 4) is 6.07 Å². The SMILES string of the molecule is N#Cc1cccc(CN2C(=O)CCCC2=O)c1F. The molecule has 0 saturated carbocycles. The van der Waals surface area contributed by atoms with Gasteiger partial charge in [0, 0.05) is 18.4 Å². The predicted molar refractivity (Wildman–Crippen MR) is 60.5 cm³/mol. The molecule has 0 spiro atoms. The highest BCUT2D eigenvalue weighted by atomic mass is 19.1. The second kappa shape index (κ2) is 4.96. The van der Waals surface area contributed by atoms with Gasteiger partial charge in [0.15, 0.2) is 0 Å². The molecule has 1 aliphatic heterocycles. The zero-order chi connectivity index (χ0) is 13.1. The number of likely N-dealkylation sites (tertiary alicyclic amines) is 1. The molecule has 92 valence electrons. The summed E-state index contributed by atoms with van der Waals surface area (Å²) < 4.78 is 13.8. The molecule has 1 heterocycles. The Balaban J connectivity index is 2.26. The van der Waals surface area contributed by atoms with E-state index >= 15 is 0 Å². The molecule has 2 amide bonds. The average molecular weight is 246 g/mol. The zero-order valence-electron chi connectivity index (χ0n) is 9.65. The van der Waals surface area contributed by atoms with Crippen LogP contribution in [0.5, 0.6) is 0 Å². The maximum absolute atomic E-state index is 13.8. The van der Waals surface area contributed by atoms with E-state index in [-0.39, 0.29) is 29.5 Å². The van der Waals surface area contributed by atoms with Crippen molar-refractivity contribution in [1.29, 1.82) is 5.26 Å². The van der Waals surface area contributed by atoms with Crippen molar-refractivity contribution in [3.63, 3.8) is 0 Å². The zero-order valence-corrected chi connectivity index (χ0v) is 9.65. The van der Waals surface area contributed by atoms with Crippen molar-refractivity contribution >= 4 is 11.8 Å². The number of nitrogens with zero attached hydrogens (tertiary/aromatic N) is 2. The topological polar surface area (TPSA) is 61.2 Å². The fourth-order valence-corrected chi connectivity index (χ4v) is 1.93. The molecule has 0 aromatic heterocycles. The van der Waals surface area contributed by atoms with E-state index in [2.05, 4.69) is 0 Å². The fraction of sp³-hybridized carbons (Fsp3) is 0.308. The molecule has 5 heteroatoms. The van der Waals surface area contributed by atoms with Crippen LogP contribution in [0, 0.1) is 17.1 Å². The quantitative estimate of drug-likeness (QED) is 0.747. The Kier molecular flexibility index (Phi) is 3.38. The number of hydrogen-bond acceptors (Lipinski definition) is 3. The van der Waals surface area contributed by atoms with Crippen LogP contribution >= 0.6 is 0 Å². The molecule has 1 aromatic rings. The van der Waals surface area contributed by atoms with Crippen LogP contribution in [0.4, 0.5) is 4.39 Å². The van der Waals surface area contributed by atoms with Gasteiger partial charge in [-0.2, -0.15) is 5.26 Å². The second-order valence-corrected chi connectivity index (χ2v) is 4.12. The van der Waals surface area contributed by atoms with Gasteiger partial charge in [-0.25, -0.2) is 4.39 Å². The van der Waals surface area contributed by atoms with Crippen molar-refractivity contribution < 1.29 is 14.0 Å². The lowest BCUT2D eigenvalue weighted by atomic mass is 10.1. The van der Waals surface area contributed by atoms with Crippen molar-refractivity contribution in [2.75, 3.05) is 0 Å². The van der Waals surface area contributed by atoms with E-state index in [0.29, 0.717) is 19.3 Å². The Morgan fingerprint density at radius 1 is 1.28 bits per heavy atom. The molecule has 1 aliphatic rings. The lowest BCUT2D eigenvalue weighted by molar-refractivity contribution is -0.148. The first-order valence-corrected chi connectivity index (χ1v) is 5.64. The maximum atomic E-state index is 13.8. The Bertz CT molecular complexity index is 532. The van der Waals surface area contributed by atoms with Gasteiger partial charge in [0.25, 0.3) is 0 Å². The summed E-state index contributed by atoms with van der Waals surface area (Å²) in [6, 6.07) is 6.11. The number of carbonyl (C=O) groups excluding carboxylic acids is 2. The van der Waals surface area contributed by atoms with Crippen LogP contribution in [0.3, 0.4) is 0 Å². The van der Waals surface area contributed by atoms with Gasteiger partial charge in [0.2, 0.25) is 11.8 Å². The standard InChI is InChI=1S/C13H11FN2O2/c14-13-9(7-15)3-1-4-10(13)8-16-11(17)5-2-6-12(16)18/h1,3-4H,2,5-6,8H2. The first-order chi connectivity index (χ1) is 8.63.